The van der Waals surface area contributed by atoms with Gasteiger partial charge in [0.05, 0.1) is 0 Å². The monoisotopic (exact) mass is 438 g/mol. The fraction of sp³-hybridized carbons (Fsp3) is 0.481. The van der Waals surface area contributed by atoms with Crippen molar-refractivity contribution in [1.29, 1.82) is 0 Å². The Hall–Kier alpha value is -2.82. The lowest BCUT2D eigenvalue weighted by atomic mass is 9.87. The van der Waals surface area contributed by atoms with Gasteiger partial charge in [-0.2, -0.15) is 0 Å². The molecule has 2 aromatic carbocycles. The molecule has 32 heavy (non-hydrogen) atoms. The van der Waals surface area contributed by atoms with Gasteiger partial charge < -0.3 is 15.0 Å². The maximum atomic E-state index is 13.2. The molecule has 5 nitrogen and oxygen atoms in total. The first kappa shape index (κ1) is 25.4. The minimum Gasteiger partial charge on any atom is -0.484 e. The zero-order valence-electron chi connectivity index (χ0n) is 20.6. The maximum Gasteiger partial charge on any atom is 0.261 e. The van der Waals surface area contributed by atoms with E-state index in [9.17, 15) is 9.59 Å². The van der Waals surface area contributed by atoms with Crippen LogP contribution in [0.3, 0.4) is 0 Å². The van der Waals surface area contributed by atoms with Gasteiger partial charge in [-0.15, -0.1) is 0 Å². The largest absolute Gasteiger partial charge is 0.484 e. The van der Waals surface area contributed by atoms with Gasteiger partial charge >= 0.3 is 0 Å². The van der Waals surface area contributed by atoms with E-state index in [1.54, 1.807) is 11.8 Å². The Bertz CT molecular complexity index is 900. The van der Waals surface area contributed by atoms with Crippen molar-refractivity contribution >= 4 is 11.8 Å². The number of ether oxygens (including phenoxy) is 1. The molecule has 0 saturated carbocycles. The standard InChI is InChI=1S/C27H38N2O3/c1-8-20(3)28-26(31)21(4)29(17-22-11-9-10-19(2)16-22)25(30)18-32-24-14-12-23(13-15-24)27(5,6)7/h9-16,20-21H,8,17-18H2,1-7H3,(H,28,31). The van der Waals surface area contributed by atoms with Crippen molar-refractivity contribution < 1.29 is 14.3 Å². The highest BCUT2D eigenvalue weighted by Crippen LogP contribution is 2.24. The fourth-order valence-corrected chi connectivity index (χ4v) is 3.33. The Morgan fingerprint density at radius 2 is 1.72 bits per heavy atom. The second-order valence-electron chi connectivity index (χ2n) is 9.57. The number of aryl methyl sites for hydroxylation is 1. The summed E-state index contributed by atoms with van der Waals surface area (Å²) in [5, 5.41) is 2.98. The fourth-order valence-electron chi connectivity index (χ4n) is 3.33. The molecule has 2 rings (SSSR count). The highest BCUT2D eigenvalue weighted by molar-refractivity contribution is 5.88. The quantitative estimate of drug-likeness (QED) is 0.599. The Balaban J connectivity index is 2.14. The van der Waals surface area contributed by atoms with Gasteiger partial charge in [0.1, 0.15) is 11.8 Å². The Morgan fingerprint density at radius 3 is 2.28 bits per heavy atom. The van der Waals surface area contributed by atoms with Crippen molar-refractivity contribution in [3.8, 4) is 5.75 Å². The van der Waals surface area contributed by atoms with E-state index in [0.29, 0.717) is 12.3 Å². The van der Waals surface area contributed by atoms with Crippen LogP contribution < -0.4 is 10.1 Å². The molecule has 0 spiro atoms. The van der Waals surface area contributed by atoms with E-state index in [4.69, 9.17) is 4.74 Å². The first-order chi connectivity index (χ1) is 15.0. The molecule has 0 bridgehead atoms. The second-order valence-corrected chi connectivity index (χ2v) is 9.57. The molecule has 2 unspecified atom stereocenters. The molecule has 0 radical (unpaired) electrons. The molecular weight excluding hydrogens is 400 g/mol. The van der Waals surface area contributed by atoms with Crippen molar-refractivity contribution in [2.24, 2.45) is 0 Å². The summed E-state index contributed by atoms with van der Waals surface area (Å²) < 4.78 is 5.79. The Kier molecular flexibility index (Phi) is 8.88. The predicted molar refractivity (Wildman–Crippen MR) is 130 cm³/mol. The lowest BCUT2D eigenvalue weighted by Gasteiger charge is -2.29. The summed E-state index contributed by atoms with van der Waals surface area (Å²) in [6.07, 6.45) is 0.831. The lowest BCUT2D eigenvalue weighted by molar-refractivity contribution is -0.142. The van der Waals surface area contributed by atoms with Crippen molar-refractivity contribution in [3.63, 3.8) is 0 Å². The zero-order valence-corrected chi connectivity index (χ0v) is 20.6. The molecular formula is C27H38N2O3. The Morgan fingerprint density at radius 1 is 1.06 bits per heavy atom. The van der Waals surface area contributed by atoms with E-state index < -0.39 is 6.04 Å². The smallest absolute Gasteiger partial charge is 0.261 e. The van der Waals surface area contributed by atoms with Crippen LogP contribution in [0, 0.1) is 6.92 Å². The number of nitrogens with one attached hydrogen (secondary N) is 1. The molecule has 2 atom stereocenters. The summed E-state index contributed by atoms with van der Waals surface area (Å²) in [5.41, 5.74) is 3.35. The van der Waals surface area contributed by atoms with Crippen molar-refractivity contribution in [1.82, 2.24) is 10.2 Å². The molecule has 0 heterocycles. The Labute approximate surface area is 193 Å². The summed E-state index contributed by atoms with van der Waals surface area (Å²) in [6, 6.07) is 15.2. The molecule has 0 saturated heterocycles. The van der Waals surface area contributed by atoms with Crippen molar-refractivity contribution in [3.05, 3.63) is 65.2 Å². The summed E-state index contributed by atoms with van der Waals surface area (Å²) in [6.45, 7) is 14.4. The van der Waals surface area contributed by atoms with Crippen LogP contribution in [0.5, 0.6) is 5.75 Å². The van der Waals surface area contributed by atoms with Crippen LogP contribution in [0.2, 0.25) is 0 Å². The molecule has 0 aliphatic carbocycles. The van der Waals surface area contributed by atoms with Gasteiger partial charge in [-0.05, 0) is 55.9 Å². The minimum absolute atomic E-state index is 0.0530. The summed E-state index contributed by atoms with van der Waals surface area (Å²) in [5.74, 6) is 0.256. The van der Waals surface area contributed by atoms with Crippen LogP contribution in [0.15, 0.2) is 48.5 Å². The first-order valence-corrected chi connectivity index (χ1v) is 11.4. The molecule has 0 aromatic heterocycles. The molecule has 174 valence electrons. The summed E-state index contributed by atoms with van der Waals surface area (Å²) >= 11 is 0. The summed E-state index contributed by atoms with van der Waals surface area (Å²) in [7, 11) is 0. The second kappa shape index (κ2) is 11.2. The number of amides is 2. The van der Waals surface area contributed by atoms with E-state index in [1.807, 2.05) is 69.3 Å². The van der Waals surface area contributed by atoms with Crippen molar-refractivity contribution in [2.75, 3.05) is 6.61 Å². The van der Waals surface area contributed by atoms with Crippen LogP contribution in [-0.4, -0.2) is 35.4 Å². The van der Waals surface area contributed by atoms with Gasteiger partial charge in [-0.3, -0.25) is 9.59 Å². The van der Waals surface area contributed by atoms with E-state index in [1.165, 1.54) is 5.56 Å². The van der Waals surface area contributed by atoms with E-state index >= 15 is 0 Å². The van der Waals surface area contributed by atoms with Crippen LogP contribution in [0.1, 0.15) is 64.7 Å². The number of nitrogens with zero attached hydrogens (tertiary/aromatic N) is 1. The van der Waals surface area contributed by atoms with E-state index in [0.717, 1.165) is 17.5 Å². The molecule has 0 aliphatic rings. The van der Waals surface area contributed by atoms with Gasteiger partial charge in [0, 0.05) is 12.6 Å². The van der Waals surface area contributed by atoms with Crippen LogP contribution in [-0.2, 0) is 21.5 Å². The highest BCUT2D eigenvalue weighted by atomic mass is 16.5. The average Bonchev–Trinajstić information content (AvgIpc) is 2.75. The van der Waals surface area contributed by atoms with Gasteiger partial charge in [-0.1, -0.05) is 69.7 Å². The van der Waals surface area contributed by atoms with E-state index in [2.05, 4.69) is 26.1 Å². The number of carbonyl (C=O) groups excluding carboxylic acids is 2. The minimum atomic E-state index is -0.608. The van der Waals surface area contributed by atoms with Gasteiger partial charge in [-0.25, -0.2) is 0 Å². The molecule has 0 fully saturated rings. The van der Waals surface area contributed by atoms with Gasteiger partial charge in [0.15, 0.2) is 6.61 Å². The number of benzene rings is 2. The molecule has 2 amide bonds. The number of rotatable bonds is 9. The molecule has 5 heteroatoms. The maximum absolute atomic E-state index is 13.2. The normalized spacial score (nSPS) is 13.2. The molecule has 2 aromatic rings. The average molecular weight is 439 g/mol. The van der Waals surface area contributed by atoms with Gasteiger partial charge in [0.2, 0.25) is 5.91 Å². The third-order valence-electron chi connectivity index (χ3n) is 5.69. The number of hydrogen-bond acceptors (Lipinski definition) is 3. The SMILES string of the molecule is CCC(C)NC(=O)C(C)N(Cc1cccc(C)c1)C(=O)COc1ccc(C(C)(C)C)cc1. The van der Waals surface area contributed by atoms with Crippen molar-refractivity contribution in [2.45, 2.75) is 78.9 Å². The zero-order chi connectivity index (χ0) is 23.9. The predicted octanol–water partition coefficient (Wildman–Crippen LogP) is 5.00. The van der Waals surface area contributed by atoms with Crippen LogP contribution >= 0.6 is 0 Å². The topological polar surface area (TPSA) is 58.6 Å². The summed E-state index contributed by atoms with van der Waals surface area (Å²) in [4.78, 5) is 27.5. The third kappa shape index (κ3) is 7.40. The van der Waals surface area contributed by atoms with Crippen LogP contribution in [0.25, 0.3) is 0 Å². The third-order valence-corrected chi connectivity index (χ3v) is 5.69. The van der Waals surface area contributed by atoms with Gasteiger partial charge in [0.25, 0.3) is 5.91 Å². The van der Waals surface area contributed by atoms with E-state index in [-0.39, 0.29) is 29.9 Å². The van der Waals surface area contributed by atoms with Crippen LogP contribution in [0.4, 0.5) is 0 Å². The number of carbonyl (C=O) groups is 2. The molecule has 0 aliphatic heterocycles. The highest BCUT2D eigenvalue weighted by Gasteiger charge is 2.27. The molecule has 1 N–H and O–H groups in total. The number of hydrogen-bond donors (Lipinski definition) is 1. The lowest BCUT2D eigenvalue weighted by Crippen LogP contribution is -2.50. The first-order valence-electron chi connectivity index (χ1n) is 11.4.